The van der Waals surface area contributed by atoms with Gasteiger partial charge in [0.05, 0.1) is 40.4 Å². The first-order valence-electron chi connectivity index (χ1n) is 11.4. The number of nitrogens with one attached hydrogen (secondary N) is 1. The van der Waals surface area contributed by atoms with Crippen LogP contribution in [0.3, 0.4) is 0 Å². The topological polar surface area (TPSA) is 97.0 Å². The van der Waals surface area contributed by atoms with Crippen molar-refractivity contribution in [3.8, 4) is 22.6 Å². The number of aliphatic hydroxyl groups is 1. The summed E-state index contributed by atoms with van der Waals surface area (Å²) in [4.78, 5) is 17.7. The minimum atomic E-state index is -0.128. The van der Waals surface area contributed by atoms with Gasteiger partial charge in [0.25, 0.3) is 0 Å². The van der Waals surface area contributed by atoms with Gasteiger partial charge in [-0.15, -0.1) is 0 Å². The second kappa shape index (κ2) is 9.44. The molecule has 0 aliphatic heterocycles. The standard InChI is InChI=1S/C28H19Cl2N5O2/c1-15-17(4-2-5-18(15)28-35-22-11-16(14-36)10-20(29)27(22)37-28)19-6-3-7-21(25(19)30)34-24-13-31-12-23-26(24)33-9-8-32-23/h2-13,34,36H,14H2,1H3. The van der Waals surface area contributed by atoms with Crippen LogP contribution in [-0.4, -0.2) is 25.0 Å². The van der Waals surface area contributed by atoms with Gasteiger partial charge < -0.3 is 14.8 Å². The number of oxazole rings is 1. The van der Waals surface area contributed by atoms with E-state index in [1.807, 2.05) is 43.3 Å². The molecule has 0 spiro atoms. The predicted molar refractivity (Wildman–Crippen MR) is 146 cm³/mol. The molecule has 0 amide bonds. The molecule has 0 saturated heterocycles. The molecule has 0 aliphatic carbocycles. The van der Waals surface area contributed by atoms with E-state index in [4.69, 9.17) is 27.6 Å². The van der Waals surface area contributed by atoms with E-state index in [2.05, 4.69) is 25.3 Å². The molecular formula is C28H19Cl2N5O2. The highest BCUT2D eigenvalue weighted by atomic mass is 35.5. The summed E-state index contributed by atoms with van der Waals surface area (Å²) < 4.78 is 6.04. The number of aromatic nitrogens is 4. The van der Waals surface area contributed by atoms with Crippen LogP contribution in [0.1, 0.15) is 11.1 Å². The molecule has 3 aromatic carbocycles. The maximum absolute atomic E-state index is 9.50. The fourth-order valence-corrected chi connectivity index (χ4v) is 4.93. The third kappa shape index (κ3) is 4.17. The van der Waals surface area contributed by atoms with Crippen LogP contribution in [0.5, 0.6) is 0 Å². The number of hydrogen-bond donors (Lipinski definition) is 2. The maximum Gasteiger partial charge on any atom is 0.227 e. The van der Waals surface area contributed by atoms with Crippen LogP contribution in [0, 0.1) is 6.92 Å². The monoisotopic (exact) mass is 527 g/mol. The molecule has 0 unspecified atom stereocenters. The summed E-state index contributed by atoms with van der Waals surface area (Å²) in [5.41, 5.74) is 8.11. The molecule has 6 rings (SSSR count). The lowest BCUT2D eigenvalue weighted by molar-refractivity contribution is 0.282. The zero-order valence-corrected chi connectivity index (χ0v) is 21.0. The average Bonchev–Trinajstić information content (AvgIpc) is 3.35. The molecule has 0 fully saturated rings. The molecule has 0 aliphatic rings. The van der Waals surface area contributed by atoms with Gasteiger partial charge in [0.1, 0.15) is 16.6 Å². The minimum absolute atomic E-state index is 0.128. The van der Waals surface area contributed by atoms with Crippen molar-refractivity contribution in [1.82, 2.24) is 19.9 Å². The third-order valence-corrected chi connectivity index (χ3v) is 6.88. The Bertz CT molecular complexity index is 1800. The number of aliphatic hydroxyl groups excluding tert-OH is 1. The van der Waals surface area contributed by atoms with E-state index in [1.54, 1.807) is 36.9 Å². The molecule has 3 heterocycles. The fraction of sp³-hybridized carbons (Fsp3) is 0.0714. The largest absolute Gasteiger partial charge is 0.434 e. The van der Waals surface area contributed by atoms with Gasteiger partial charge in [-0.3, -0.25) is 15.0 Å². The van der Waals surface area contributed by atoms with Gasteiger partial charge in [0.2, 0.25) is 5.89 Å². The van der Waals surface area contributed by atoms with Crippen LogP contribution in [0.4, 0.5) is 11.4 Å². The zero-order valence-electron chi connectivity index (χ0n) is 19.5. The Morgan fingerprint density at radius 1 is 0.892 bits per heavy atom. The average molecular weight is 528 g/mol. The van der Waals surface area contributed by atoms with Crippen molar-refractivity contribution in [2.75, 3.05) is 5.32 Å². The normalized spacial score (nSPS) is 11.4. The molecule has 0 bridgehead atoms. The number of benzene rings is 3. The number of rotatable bonds is 5. The van der Waals surface area contributed by atoms with Gasteiger partial charge in [-0.1, -0.05) is 47.5 Å². The molecular weight excluding hydrogens is 509 g/mol. The van der Waals surface area contributed by atoms with E-state index in [1.165, 1.54) is 0 Å². The molecule has 0 atom stereocenters. The second-order valence-electron chi connectivity index (χ2n) is 8.48. The highest BCUT2D eigenvalue weighted by Crippen LogP contribution is 2.40. The van der Waals surface area contributed by atoms with E-state index in [-0.39, 0.29) is 6.61 Å². The molecule has 7 nitrogen and oxygen atoms in total. The van der Waals surface area contributed by atoms with Crippen molar-refractivity contribution >= 4 is 56.7 Å². The van der Waals surface area contributed by atoms with Gasteiger partial charge in [0.15, 0.2) is 5.58 Å². The van der Waals surface area contributed by atoms with Gasteiger partial charge in [-0.05, 0) is 47.9 Å². The van der Waals surface area contributed by atoms with E-state index >= 15 is 0 Å². The smallest absolute Gasteiger partial charge is 0.227 e. The van der Waals surface area contributed by atoms with Gasteiger partial charge in [0, 0.05) is 23.5 Å². The molecule has 182 valence electrons. The van der Waals surface area contributed by atoms with Gasteiger partial charge in [-0.25, -0.2) is 4.98 Å². The lowest BCUT2D eigenvalue weighted by Crippen LogP contribution is -1.97. The Morgan fingerprint density at radius 3 is 2.54 bits per heavy atom. The van der Waals surface area contributed by atoms with Crippen LogP contribution in [0.2, 0.25) is 10.0 Å². The molecule has 9 heteroatoms. The van der Waals surface area contributed by atoms with E-state index in [9.17, 15) is 5.11 Å². The molecule has 37 heavy (non-hydrogen) atoms. The number of halogens is 2. The Morgan fingerprint density at radius 2 is 1.68 bits per heavy atom. The predicted octanol–water partition coefficient (Wildman–Crippen LogP) is 7.35. The Kier molecular flexibility index (Phi) is 5.96. The van der Waals surface area contributed by atoms with E-state index in [0.717, 1.165) is 22.3 Å². The van der Waals surface area contributed by atoms with Crippen molar-refractivity contribution in [2.24, 2.45) is 0 Å². The van der Waals surface area contributed by atoms with E-state index < -0.39 is 0 Å². The lowest BCUT2D eigenvalue weighted by atomic mass is 9.96. The van der Waals surface area contributed by atoms with Crippen LogP contribution < -0.4 is 5.32 Å². The SMILES string of the molecule is Cc1c(-c2nc3cc(CO)cc(Cl)c3o2)cccc1-c1cccc(Nc2cncc3nccnc23)c1Cl. The highest BCUT2D eigenvalue weighted by molar-refractivity contribution is 6.36. The Labute approximate surface area is 221 Å². The minimum Gasteiger partial charge on any atom is -0.434 e. The zero-order chi connectivity index (χ0) is 25.5. The molecule has 3 aromatic heterocycles. The Hall–Kier alpha value is -4.04. The first kappa shape index (κ1) is 23.4. The number of fused-ring (bicyclic) bond motifs is 2. The van der Waals surface area contributed by atoms with Crippen LogP contribution >= 0.6 is 23.2 Å². The molecule has 6 aromatic rings. The number of pyridine rings is 1. The summed E-state index contributed by atoms with van der Waals surface area (Å²) in [6.45, 7) is 1.87. The quantitative estimate of drug-likeness (QED) is 0.241. The van der Waals surface area contributed by atoms with Crippen molar-refractivity contribution in [3.63, 3.8) is 0 Å². The summed E-state index contributed by atoms with van der Waals surface area (Å²) in [6, 6.07) is 15.2. The number of hydrogen-bond acceptors (Lipinski definition) is 7. The summed E-state index contributed by atoms with van der Waals surface area (Å²) in [5, 5.41) is 13.8. The third-order valence-electron chi connectivity index (χ3n) is 6.19. The van der Waals surface area contributed by atoms with Crippen LogP contribution in [0.25, 0.3) is 44.7 Å². The van der Waals surface area contributed by atoms with Crippen LogP contribution in [0.15, 0.2) is 77.7 Å². The number of anilines is 2. The fourth-order valence-electron chi connectivity index (χ4n) is 4.38. The summed E-state index contributed by atoms with van der Waals surface area (Å²) in [7, 11) is 0. The lowest BCUT2D eigenvalue weighted by Gasteiger charge is -2.15. The van der Waals surface area contributed by atoms with Crippen molar-refractivity contribution in [2.45, 2.75) is 13.5 Å². The first-order valence-corrected chi connectivity index (χ1v) is 12.2. The van der Waals surface area contributed by atoms with Gasteiger partial charge >= 0.3 is 0 Å². The molecule has 0 saturated carbocycles. The second-order valence-corrected chi connectivity index (χ2v) is 9.27. The summed E-state index contributed by atoms with van der Waals surface area (Å²) >= 11 is 13.3. The first-order chi connectivity index (χ1) is 18.0. The van der Waals surface area contributed by atoms with Crippen LogP contribution in [-0.2, 0) is 6.61 Å². The number of nitrogens with zero attached hydrogens (tertiary/aromatic N) is 4. The highest BCUT2D eigenvalue weighted by Gasteiger charge is 2.18. The van der Waals surface area contributed by atoms with Crippen molar-refractivity contribution < 1.29 is 9.52 Å². The summed E-state index contributed by atoms with van der Waals surface area (Å²) in [6.07, 6.45) is 6.65. The molecule has 2 N–H and O–H groups in total. The summed E-state index contributed by atoms with van der Waals surface area (Å²) in [5.74, 6) is 0.442. The van der Waals surface area contributed by atoms with Crippen molar-refractivity contribution in [1.29, 1.82) is 0 Å². The van der Waals surface area contributed by atoms with Crippen molar-refractivity contribution in [3.05, 3.63) is 94.5 Å². The van der Waals surface area contributed by atoms with E-state index in [0.29, 0.717) is 55.0 Å². The van der Waals surface area contributed by atoms with Gasteiger partial charge in [-0.2, -0.15) is 0 Å². The Balaban J connectivity index is 1.42. The maximum atomic E-state index is 9.50. The molecule has 0 radical (unpaired) electrons.